The van der Waals surface area contributed by atoms with E-state index in [4.69, 9.17) is 5.11 Å². The van der Waals surface area contributed by atoms with Gasteiger partial charge in [-0.25, -0.2) is 4.79 Å². The van der Waals surface area contributed by atoms with Crippen molar-refractivity contribution in [1.29, 1.82) is 0 Å². The van der Waals surface area contributed by atoms with Crippen molar-refractivity contribution in [3.63, 3.8) is 0 Å². The zero-order valence-electron chi connectivity index (χ0n) is 9.77. The van der Waals surface area contributed by atoms with Crippen molar-refractivity contribution in [3.8, 4) is 0 Å². The van der Waals surface area contributed by atoms with Crippen molar-refractivity contribution in [1.82, 2.24) is 0 Å². The first kappa shape index (κ1) is 14.4. The van der Waals surface area contributed by atoms with E-state index < -0.39 is 5.97 Å². The summed E-state index contributed by atoms with van der Waals surface area (Å²) in [6.07, 6.45) is 2.94. The molecule has 0 aliphatic heterocycles. The topological polar surface area (TPSA) is 54.4 Å². The molecule has 0 aliphatic carbocycles. The molecule has 0 aliphatic rings. The largest absolute Gasteiger partial charge is 0.478 e. The summed E-state index contributed by atoms with van der Waals surface area (Å²) in [5.41, 5.74) is 0.331. The highest BCUT2D eigenvalue weighted by molar-refractivity contribution is 5.87. The summed E-state index contributed by atoms with van der Waals surface area (Å²) in [4.78, 5) is 20.4. The van der Waals surface area contributed by atoms with Crippen LogP contribution in [0.25, 0.3) is 0 Å². The Bertz CT molecular complexity index is 317. The molecule has 1 rings (SSSR count). The van der Waals surface area contributed by atoms with Crippen molar-refractivity contribution in [2.75, 3.05) is 0 Å². The number of hydrogen-bond donors (Lipinski definition) is 1. The van der Waals surface area contributed by atoms with E-state index in [0.29, 0.717) is 11.3 Å². The van der Waals surface area contributed by atoms with Crippen LogP contribution in [-0.2, 0) is 4.79 Å². The molecule has 0 bridgehead atoms. The molecule has 0 spiro atoms. The van der Waals surface area contributed by atoms with Gasteiger partial charge in [-0.05, 0) is 25.5 Å². The van der Waals surface area contributed by atoms with Gasteiger partial charge in [-0.15, -0.1) is 0 Å². The molecule has 1 aromatic rings. The van der Waals surface area contributed by atoms with Crippen molar-refractivity contribution < 1.29 is 14.7 Å². The third-order valence-corrected chi connectivity index (χ3v) is 1.90. The van der Waals surface area contributed by atoms with Crippen LogP contribution in [0.2, 0.25) is 0 Å². The van der Waals surface area contributed by atoms with Gasteiger partial charge in [0.05, 0.1) is 5.56 Å². The number of rotatable bonds is 4. The van der Waals surface area contributed by atoms with Crippen molar-refractivity contribution in [2.24, 2.45) is 0 Å². The highest BCUT2D eigenvalue weighted by atomic mass is 16.4. The second-order valence-electron chi connectivity index (χ2n) is 3.48. The minimum atomic E-state index is -0.879. The molecular formula is C13H18O3. The molecule has 1 N–H and O–H groups in total. The average Bonchev–Trinajstić information content (AvgIpc) is 2.28. The van der Waals surface area contributed by atoms with Gasteiger partial charge >= 0.3 is 5.97 Å². The van der Waals surface area contributed by atoms with Crippen molar-refractivity contribution >= 4 is 11.8 Å². The number of carboxylic acid groups (broad SMARTS) is 1. The number of ketones is 1. The molecule has 0 radical (unpaired) electrons. The van der Waals surface area contributed by atoms with E-state index in [1.807, 2.05) is 0 Å². The van der Waals surface area contributed by atoms with Gasteiger partial charge in [0.15, 0.2) is 0 Å². The number of hydrogen-bond acceptors (Lipinski definition) is 2. The van der Waals surface area contributed by atoms with Gasteiger partial charge in [-0.1, -0.05) is 31.5 Å². The molecule has 0 unspecified atom stereocenters. The Kier molecular flexibility index (Phi) is 7.76. The summed E-state index contributed by atoms with van der Waals surface area (Å²) in [6, 6.07) is 8.30. The number of carboxylic acids is 1. The molecular weight excluding hydrogens is 204 g/mol. The van der Waals surface area contributed by atoms with Crippen LogP contribution in [0.15, 0.2) is 30.3 Å². The van der Waals surface area contributed by atoms with E-state index in [9.17, 15) is 9.59 Å². The van der Waals surface area contributed by atoms with E-state index in [1.54, 1.807) is 37.3 Å². The third kappa shape index (κ3) is 7.74. The van der Waals surface area contributed by atoms with Gasteiger partial charge in [0.25, 0.3) is 0 Å². The molecule has 0 saturated heterocycles. The Balaban J connectivity index is 0.000000293. The molecule has 3 heteroatoms. The van der Waals surface area contributed by atoms with Gasteiger partial charge in [0.2, 0.25) is 0 Å². The molecule has 1 aromatic carbocycles. The zero-order chi connectivity index (χ0) is 12.4. The van der Waals surface area contributed by atoms with Crippen molar-refractivity contribution in [3.05, 3.63) is 35.9 Å². The van der Waals surface area contributed by atoms with Gasteiger partial charge in [0, 0.05) is 6.42 Å². The molecule has 0 aromatic heterocycles. The van der Waals surface area contributed by atoms with Crippen LogP contribution < -0.4 is 0 Å². The first-order valence-electron chi connectivity index (χ1n) is 5.35. The number of carbonyl (C=O) groups is 2. The lowest BCUT2D eigenvalue weighted by molar-refractivity contribution is -0.117. The van der Waals surface area contributed by atoms with Crippen LogP contribution in [-0.4, -0.2) is 16.9 Å². The monoisotopic (exact) mass is 222 g/mol. The van der Waals surface area contributed by atoms with E-state index in [-0.39, 0.29) is 0 Å². The second kappa shape index (κ2) is 8.65. The Hall–Kier alpha value is -1.64. The van der Waals surface area contributed by atoms with Gasteiger partial charge in [-0.2, -0.15) is 0 Å². The molecule has 0 heterocycles. The van der Waals surface area contributed by atoms with Crippen molar-refractivity contribution in [2.45, 2.75) is 33.1 Å². The number of Topliss-reactive ketones (excluding diaryl/α,β-unsaturated/α-hetero) is 1. The molecule has 88 valence electrons. The smallest absolute Gasteiger partial charge is 0.335 e. The average molecular weight is 222 g/mol. The minimum Gasteiger partial charge on any atom is -0.478 e. The summed E-state index contributed by atoms with van der Waals surface area (Å²) in [7, 11) is 0. The second-order valence-corrected chi connectivity index (χ2v) is 3.48. The Morgan fingerprint density at radius 3 is 2.00 bits per heavy atom. The van der Waals surface area contributed by atoms with Crippen LogP contribution in [0.1, 0.15) is 43.5 Å². The summed E-state index contributed by atoms with van der Waals surface area (Å²) in [5, 5.41) is 8.38. The van der Waals surface area contributed by atoms with Gasteiger partial charge in [0.1, 0.15) is 5.78 Å². The van der Waals surface area contributed by atoms with E-state index >= 15 is 0 Å². The predicted octanol–water partition coefficient (Wildman–Crippen LogP) is 3.15. The molecule has 0 atom stereocenters. The van der Waals surface area contributed by atoms with Crippen LogP contribution in [0.3, 0.4) is 0 Å². The van der Waals surface area contributed by atoms with Crippen LogP contribution in [0, 0.1) is 0 Å². The minimum absolute atomic E-state index is 0.307. The number of carbonyl (C=O) groups excluding carboxylic acids is 1. The molecule has 0 fully saturated rings. The molecule has 0 amide bonds. The Morgan fingerprint density at radius 2 is 1.75 bits per heavy atom. The lowest BCUT2D eigenvalue weighted by Crippen LogP contribution is -1.93. The predicted molar refractivity (Wildman–Crippen MR) is 63.6 cm³/mol. The maximum atomic E-state index is 10.2. The zero-order valence-corrected chi connectivity index (χ0v) is 9.77. The standard InChI is InChI=1S/C7H6O2.C6H12O/c8-7(9)6-4-2-1-3-5-6;1-3-4-5-6(2)7/h1-5H,(H,8,9);3-5H2,1-2H3. The lowest BCUT2D eigenvalue weighted by Gasteiger charge is -1.88. The maximum Gasteiger partial charge on any atom is 0.335 e. The normalized spacial score (nSPS) is 8.88. The number of unbranched alkanes of at least 4 members (excludes halogenated alkanes) is 1. The van der Waals surface area contributed by atoms with E-state index in [1.165, 1.54) is 0 Å². The fourth-order valence-electron chi connectivity index (χ4n) is 1.01. The Labute approximate surface area is 96.1 Å². The van der Waals surface area contributed by atoms with E-state index in [2.05, 4.69) is 6.92 Å². The van der Waals surface area contributed by atoms with Crippen LogP contribution in [0.4, 0.5) is 0 Å². The fourth-order valence-corrected chi connectivity index (χ4v) is 1.01. The lowest BCUT2D eigenvalue weighted by atomic mass is 10.2. The quantitative estimate of drug-likeness (QED) is 0.851. The van der Waals surface area contributed by atoms with Crippen LogP contribution >= 0.6 is 0 Å². The number of aromatic carboxylic acids is 1. The summed E-state index contributed by atoms with van der Waals surface area (Å²) in [6.45, 7) is 3.72. The molecule has 3 nitrogen and oxygen atoms in total. The molecule has 0 saturated carbocycles. The number of benzene rings is 1. The van der Waals surface area contributed by atoms with E-state index in [0.717, 1.165) is 19.3 Å². The highest BCUT2D eigenvalue weighted by Gasteiger charge is 1.96. The highest BCUT2D eigenvalue weighted by Crippen LogP contribution is 1.96. The maximum absolute atomic E-state index is 10.2. The third-order valence-electron chi connectivity index (χ3n) is 1.90. The first-order valence-corrected chi connectivity index (χ1v) is 5.35. The summed E-state index contributed by atoms with van der Waals surface area (Å²) in [5.74, 6) is -0.572. The van der Waals surface area contributed by atoms with Crippen LogP contribution in [0.5, 0.6) is 0 Å². The van der Waals surface area contributed by atoms with Gasteiger partial charge < -0.3 is 9.90 Å². The van der Waals surface area contributed by atoms with Gasteiger partial charge in [-0.3, -0.25) is 0 Å². The summed E-state index contributed by atoms with van der Waals surface area (Å²) < 4.78 is 0. The fraction of sp³-hybridized carbons (Fsp3) is 0.385. The molecule has 16 heavy (non-hydrogen) atoms. The Morgan fingerprint density at radius 1 is 1.19 bits per heavy atom. The first-order chi connectivity index (χ1) is 7.57. The summed E-state index contributed by atoms with van der Waals surface area (Å²) >= 11 is 0. The SMILES string of the molecule is CCCCC(C)=O.O=C(O)c1ccccc1.